The maximum absolute atomic E-state index is 12.5. The van der Waals surface area contributed by atoms with E-state index in [-0.39, 0.29) is 19.1 Å². The first-order valence-electron chi connectivity index (χ1n) is 8.88. The number of hydrogen-bond acceptors (Lipinski definition) is 5. The van der Waals surface area contributed by atoms with Crippen LogP contribution in [0.3, 0.4) is 0 Å². The van der Waals surface area contributed by atoms with Gasteiger partial charge in [-0.3, -0.25) is 4.79 Å². The second kappa shape index (κ2) is 7.33. The highest BCUT2D eigenvalue weighted by atomic mass is 16.8. The van der Waals surface area contributed by atoms with Gasteiger partial charge in [0.2, 0.25) is 0 Å². The monoisotopic (exact) mass is 347 g/mol. The first-order valence-corrected chi connectivity index (χ1v) is 8.88. The third kappa shape index (κ3) is 3.89. The molecule has 2 fully saturated rings. The molecule has 1 amide bonds. The van der Waals surface area contributed by atoms with Crippen LogP contribution in [0.15, 0.2) is 24.3 Å². The summed E-state index contributed by atoms with van der Waals surface area (Å²) in [6.07, 6.45) is 1.62. The Bertz CT molecular complexity index is 636. The molecule has 136 valence electrons. The fraction of sp³-hybridized carbons (Fsp3) is 0.579. The number of cyclic esters (lactones) is 1. The molecule has 0 bridgehead atoms. The molecule has 0 aliphatic carbocycles. The van der Waals surface area contributed by atoms with Crippen LogP contribution in [-0.4, -0.2) is 48.9 Å². The quantitative estimate of drug-likeness (QED) is 0.766. The Morgan fingerprint density at radius 1 is 1.32 bits per heavy atom. The van der Waals surface area contributed by atoms with Crippen molar-refractivity contribution in [2.75, 3.05) is 26.3 Å². The number of hydrogen-bond donors (Lipinski definition) is 0. The number of carbonyl (C=O) groups is 2. The standard InChI is InChI=1S/C19H25NO5/c1-3-14(2)15-6-4-5-7-16(15)23-12-17(21)20-10-8-19(9-11-20)13-24-18(22)25-19/h4-7,14H,3,8-13H2,1-2H3/t14-/m1/s1. The maximum Gasteiger partial charge on any atom is 0.509 e. The lowest BCUT2D eigenvalue weighted by atomic mass is 9.92. The van der Waals surface area contributed by atoms with E-state index in [0.717, 1.165) is 17.7 Å². The molecule has 1 spiro atoms. The van der Waals surface area contributed by atoms with Crippen molar-refractivity contribution >= 4 is 12.1 Å². The van der Waals surface area contributed by atoms with Crippen LogP contribution in [0.5, 0.6) is 5.75 Å². The zero-order chi connectivity index (χ0) is 17.9. The number of likely N-dealkylation sites (tertiary alicyclic amines) is 1. The van der Waals surface area contributed by atoms with Gasteiger partial charge < -0.3 is 19.1 Å². The van der Waals surface area contributed by atoms with Crippen LogP contribution in [-0.2, 0) is 14.3 Å². The average molecular weight is 347 g/mol. The molecule has 2 heterocycles. The predicted molar refractivity (Wildman–Crippen MR) is 91.6 cm³/mol. The number of rotatable bonds is 5. The molecule has 0 unspecified atom stereocenters. The lowest BCUT2D eigenvalue weighted by molar-refractivity contribution is -0.136. The van der Waals surface area contributed by atoms with Crippen LogP contribution >= 0.6 is 0 Å². The molecule has 1 aromatic carbocycles. The largest absolute Gasteiger partial charge is 0.509 e. The minimum absolute atomic E-state index is 0.0245. The lowest BCUT2D eigenvalue weighted by Gasteiger charge is -2.36. The van der Waals surface area contributed by atoms with Crippen LogP contribution in [0.25, 0.3) is 0 Å². The Labute approximate surface area is 148 Å². The van der Waals surface area contributed by atoms with Crippen molar-refractivity contribution in [2.45, 2.75) is 44.6 Å². The van der Waals surface area contributed by atoms with Crippen LogP contribution in [0, 0.1) is 0 Å². The van der Waals surface area contributed by atoms with Crippen molar-refractivity contribution < 1.29 is 23.8 Å². The Kier molecular flexibility index (Phi) is 5.16. The molecule has 2 saturated heterocycles. The lowest BCUT2D eigenvalue weighted by Crippen LogP contribution is -2.49. The summed E-state index contributed by atoms with van der Waals surface area (Å²) in [7, 11) is 0. The van der Waals surface area contributed by atoms with Crippen molar-refractivity contribution in [3.8, 4) is 5.75 Å². The summed E-state index contributed by atoms with van der Waals surface area (Å²) < 4.78 is 16.0. The first kappa shape index (κ1) is 17.6. The molecule has 0 saturated carbocycles. The molecule has 2 aliphatic heterocycles. The molecular weight excluding hydrogens is 322 g/mol. The van der Waals surface area contributed by atoms with Crippen molar-refractivity contribution in [3.63, 3.8) is 0 Å². The minimum Gasteiger partial charge on any atom is -0.483 e. The van der Waals surface area contributed by atoms with Gasteiger partial charge in [-0.25, -0.2) is 4.79 Å². The van der Waals surface area contributed by atoms with E-state index in [1.165, 1.54) is 0 Å². The van der Waals surface area contributed by atoms with Gasteiger partial charge in [0.05, 0.1) is 0 Å². The fourth-order valence-corrected chi connectivity index (χ4v) is 3.31. The first-order chi connectivity index (χ1) is 12.0. The number of para-hydroxylation sites is 1. The Morgan fingerprint density at radius 2 is 2.04 bits per heavy atom. The van der Waals surface area contributed by atoms with Crippen molar-refractivity contribution in [3.05, 3.63) is 29.8 Å². The molecule has 1 aromatic rings. The molecule has 6 nitrogen and oxygen atoms in total. The molecule has 3 rings (SSSR count). The van der Waals surface area contributed by atoms with Crippen molar-refractivity contribution in [1.29, 1.82) is 0 Å². The van der Waals surface area contributed by atoms with Crippen LogP contribution < -0.4 is 4.74 Å². The predicted octanol–water partition coefficient (Wildman–Crippen LogP) is 3.11. The highest BCUT2D eigenvalue weighted by Gasteiger charge is 2.45. The summed E-state index contributed by atoms with van der Waals surface area (Å²) in [6.45, 7) is 5.69. The van der Waals surface area contributed by atoms with Crippen LogP contribution in [0.2, 0.25) is 0 Å². The average Bonchev–Trinajstić information content (AvgIpc) is 3.00. The highest BCUT2D eigenvalue weighted by molar-refractivity contribution is 5.78. The Balaban J connectivity index is 1.53. The molecule has 1 atom stereocenters. The second-order valence-electron chi connectivity index (χ2n) is 6.84. The van der Waals surface area contributed by atoms with E-state index in [9.17, 15) is 9.59 Å². The Morgan fingerprint density at radius 3 is 2.68 bits per heavy atom. The highest BCUT2D eigenvalue weighted by Crippen LogP contribution is 2.32. The topological polar surface area (TPSA) is 65.1 Å². The van der Waals surface area contributed by atoms with Gasteiger partial charge in [-0.15, -0.1) is 0 Å². The van der Waals surface area contributed by atoms with Gasteiger partial charge >= 0.3 is 6.16 Å². The summed E-state index contributed by atoms with van der Waals surface area (Å²) in [6, 6.07) is 7.87. The SMILES string of the molecule is CC[C@@H](C)c1ccccc1OCC(=O)N1CCC2(CC1)COC(=O)O2. The van der Waals surface area contributed by atoms with Gasteiger partial charge in [-0.2, -0.15) is 0 Å². The molecule has 2 aliphatic rings. The van der Waals surface area contributed by atoms with E-state index >= 15 is 0 Å². The summed E-state index contributed by atoms with van der Waals surface area (Å²) in [5.41, 5.74) is 0.586. The molecule has 0 N–H and O–H groups in total. The second-order valence-corrected chi connectivity index (χ2v) is 6.84. The molecule has 0 aromatic heterocycles. The number of carbonyl (C=O) groups excluding carboxylic acids is 2. The van der Waals surface area contributed by atoms with E-state index in [0.29, 0.717) is 31.8 Å². The Hall–Kier alpha value is -2.24. The number of benzene rings is 1. The molecule has 6 heteroatoms. The van der Waals surface area contributed by atoms with Gasteiger partial charge in [0.1, 0.15) is 12.4 Å². The summed E-state index contributed by atoms with van der Waals surface area (Å²) in [5.74, 6) is 1.12. The number of ether oxygens (including phenoxy) is 3. The minimum atomic E-state index is -0.607. The van der Waals surface area contributed by atoms with E-state index in [4.69, 9.17) is 14.2 Å². The van der Waals surface area contributed by atoms with E-state index < -0.39 is 11.8 Å². The van der Waals surface area contributed by atoms with E-state index in [1.807, 2.05) is 24.3 Å². The number of amides is 1. The van der Waals surface area contributed by atoms with Gasteiger partial charge in [0.15, 0.2) is 12.2 Å². The van der Waals surface area contributed by atoms with Crippen molar-refractivity contribution in [2.24, 2.45) is 0 Å². The van der Waals surface area contributed by atoms with Crippen molar-refractivity contribution in [1.82, 2.24) is 4.90 Å². The zero-order valence-electron chi connectivity index (χ0n) is 14.8. The summed E-state index contributed by atoms with van der Waals surface area (Å²) in [4.78, 5) is 25.4. The molecular formula is C19H25NO5. The fourth-order valence-electron chi connectivity index (χ4n) is 3.31. The van der Waals surface area contributed by atoms with Gasteiger partial charge in [0.25, 0.3) is 5.91 Å². The van der Waals surface area contributed by atoms with Gasteiger partial charge in [-0.1, -0.05) is 32.0 Å². The van der Waals surface area contributed by atoms with E-state index in [1.54, 1.807) is 4.90 Å². The van der Waals surface area contributed by atoms with E-state index in [2.05, 4.69) is 13.8 Å². The third-order valence-corrected chi connectivity index (χ3v) is 5.19. The van der Waals surface area contributed by atoms with Gasteiger partial charge in [-0.05, 0) is 24.0 Å². The number of nitrogens with zero attached hydrogens (tertiary/aromatic N) is 1. The molecule has 25 heavy (non-hydrogen) atoms. The number of piperidine rings is 1. The van der Waals surface area contributed by atoms with Crippen LogP contribution in [0.4, 0.5) is 4.79 Å². The van der Waals surface area contributed by atoms with Crippen LogP contribution in [0.1, 0.15) is 44.6 Å². The smallest absolute Gasteiger partial charge is 0.483 e. The summed E-state index contributed by atoms with van der Waals surface area (Å²) in [5, 5.41) is 0. The zero-order valence-corrected chi connectivity index (χ0v) is 14.8. The normalized spacial score (nSPS) is 20.1. The molecule has 0 radical (unpaired) electrons. The third-order valence-electron chi connectivity index (χ3n) is 5.19. The maximum atomic E-state index is 12.5. The summed E-state index contributed by atoms with van der Waals surface area (Å²) >= 11 is 0. The van der Waals surface area contributed by atoms with Gasteiger partial charge in [0, 0.05) is 25.9 Å².